The van der Waals surface area contributed by atoms with Crippen molar-refractivity contribution in [3.8, 4) is 0 Å². The van der Waals surface area contributed by atoms with E-state index in [-0.39, 0.29) is 11.3 Å². The quantitative estimate of drug-likeness (QED) is 0.324. The standard InChI is InChI=1S/C20H19N5O4S2/c26-18(21-19-22-20(23-31-19)30-13-14-4-2-1-3-5-14)15-6-7-16(17(12-15)25(27)28)24-8-10-29-11-9-24/h1-7,12H,8-11,13H2,(H,21,22,23,26). The average Bonchev–Trinajstić information content (AvgIpc) is 3.25. The lowest BCUT2D eigenvalue weighted by atomic mass is 10.1. The Morgan fingerprint density at radius 1 is 1.23 bits per heavy atom. The van der Waals surface area contributed by atoms with Crippen LogP contribution in [0.3, 0.4) is 0 Å². The number of nitrogens with zero attached hydrogens (tertiary/aromatic N) is 4. The Balaban J connectivity index is 1.43. The number of benzene rings is 2. The number of amides is 1. The molecule has 0 radical (unpaired) electrons. The second kappa shape index (κ2) is 9.86. The summed E-state index contributed by atoms with van der Waals surface area (Å²) >= 11 is 2.55. The summed E-state index contributed by atoms with van der Waals surface area (Å²) in [4.78, 5) is 30.0. The van der Waals surface area contributed by atoms with E-state index in [2.05, 4.69) is 14.7 Å². The Kier molecular flexibility index (Phi) is 6.75. The monoisotopic (exact) mass is 457 g/mol. The van der Waals surface area contributed by atoms with E-state index in [0.29, 0.717) is 42.3 Å². The Morgan fingerprint density at radius 2 is 2.00 bits per heavy atom. The van der Waals surface area contributed by atoms with Gasteiger partial charge in [-0.2, -0.15) is 9.36 Å². The van der Waals surface area contributed by atoms with E-state index in [1.165, 1.54) is 17.8 Å². The molecule has 9 nitrogen and oxygen atoms in total. The fraction of sp³-hybridized carbons (Fsp3) is 0.250. The molecule has 0 unspecified atom stereocenters. The van der Waals surface area contributed by atoms with E-state index in [4.69, 9.17) is 4.74 Å². The van der Waals surface area contributed by atoms with Gasteiger partial charge >= 0.3 is 0 Å². The highest BCUT2D eigenvalue weighted by Gasteiger charge is 2.23. The van der Waals surface area contributed by atoms with Gasteiger partial charge in [-0.3, -0.25) is 20.2 Å². The van der Waals surface area contributed by atoms with Gasteiger partial charge in [0.15, 0.2) is 0 Å². The third kappa shape index (κ3) is 5.37. The number of nitro benzene ring substituents is 1. The summed E-state index contributed by atoms with van der Waals surface area (Å²) < 4.78 is 9.56. The Morgan fingerprint density at radius 3 is 2.74 bits per heavy atom. The van der Waals surface area contributed by atoms with Gasteiger partial charge in [-0.05, 0) is 17.7 Å². The number of carbonyl (C=O) groups excluding carboxylic acids is 1. The van der Waals surface area contributed by atoms with Gasteiger partial charge in [-0.25, -0.2) is 0 Å². The van der Waals surface area contributed by atoms with Crippen molar-refractivity contribution in [3.05, 3.63) is 69.8 Å². The molecule has 4 rings (SSSR count). The van der Waals surface area contributed by atoms with Gasteiger partial charge in [-0.1, -0.05) is 42.1 Å². The van der Waals surface area contributed by atoms with Crippen LogP contribution in [0.2, 0.25) is 0 Å². The molecular weight excluding hydrogens is 438 g/mol. The first-order valence-electron chi connectivity index (χ1n) is 9.53. The number of hydrogen-bond acceptors (Lipinski definition) is 9. The minimum atomic E-state index is -0.467. The van der Waals surface area contributed by atoms with Crippen LogP contribution >= 0.6 is 23.3 Å². The number of aromatic nitrogens is 2. The van der Waals surface area contributed by atoms with Crippen LogP contribution in [0, 0.1) is 10.1 Å². The molecule has 160 valence electrons. The fourth-order valence-electron chi connectivity index (χ4n) is 3.09. The van der Waals surface area contributed by atoms with Crippen LogP contribution in [0.25, 0.3) is 0 Å². The number of carbonyl (C=O) groups is 1. The van der Waals surface area contributed by atoms with Gasteiger partial charge < -0.3 is 9.64 Å². The molecule has 31 heavy (non-hydrogen) atoms. The normalized spacial score (nSPS) is 13.7. The zero-order chi connectivity index (χ0) is 21.6. The van der Waals surface area contributed by atoms with Gasteiger partial charge in [0.1, 0.15) is 5.69 Å². The topological polar surface area (TPSA) is 110 Å². The second-order valence-corrected chi connectivity index (χ2v) is 8.36. The van der Waals surface area contributed by atoms with Crippen molar-refractivity contribution in [3.63, 3.8) is 0 Å². The smallest absolute Gasteiger partial charge is 0.293 e. The lowest BCUT2D eigenvalue weighted by Gasteiger charge is -2.28. The largest absolute Gasteiger partial charge is 0.378 e. The maximum Gasteiger partial charge on any atom is 0.293 e. The summed E-state index contributed by atoms with van der Waals surface area (Å²) in [5, 5.41) is 15.2. The number of nitrogens with one attached hydrogen (secondary N) is 1. The Labute approximate surface area is 186 Å². The summed E-state index contributed by atoms with van der Waals surface area (Å²) in [5.41, 5.74) is 1.73. The zero-order valence-electron chi connectivity index (χ0n) is 16.4. The summed E-state index contributed by atoms with van der Waals surface area (Å²) in [6.45, 7) is 2.17. The van der Waals surface area contributed by atoms with Crippen molar-refractivity contribution >= 4 is 45.7 Å². The number of rotatable bonds is 7. The van der Waals surface area contributed by atoms with Gasteiger partial charge in [0.25, 0.3) is 11.6 Å². The molecule has 1 N–H and O–H groups in total. The van der Waals surface area contributed by atoms with Crippen molar-refractivity contribution in [2.45, 2.75) is 10.9 Å². The number of hydrogen-bond donors (Lipinski definition) is 1. The first-order valence-corrected chi connectivity index (χ1v) is 11.3. The van der Waals surface area contributed by atoms with Crippen LogP contribution in [0.5, 0.6) is 0 Å². The molecule has 1 aromatic heterocycles. The molecule has 1 saturated heterocycles. The molecule has 1 aliphatic heterocycles. The Hall–Kier alpha value is -3.02. The van der Waals surface area contributed by atoms with Crippen molar-refractivity contribution in [2.75, 3.05) is 36.5 Å². The zero-order valence-corrected chi connectivity index (χ0v) is 18.0. The molecule has 0 spiro atoms. The Bertz CT molecular complexity index is 1070. The van der Waals surface area contributed by atoms with E-state index < -0.39 is 10.8 Å². The summed E-state index contributed by atoms with van der Waals surface area (Å²) in [5.74, 6) is 0.257. The van der Waals surface area contributed by atoms with Crippen LogP contribution in [0.4, 0.5) is 16.5 Å². The second-order valence-electron chi connectivity index (χ2n) is 6.67. The summed E-state index contributed by atoms with van der Waals surface area (Å²) in [6.07, 6.45) is 0. The van der Waals surface area contributed by atoms with Crippen LogP contribution in [-0.2, 0) is 10.5 Å². The first kappa shape index (κ1) is 21.2. The third-order valence-corrected chi connectivity index (χ3v) is 6.29. The number of anilines is 2. The van der Waals surface area contributed by atoms with E-state index >= 15 is 0 Å². The molecule has 1 aliphatic rings. The third-order valence-electron chi connectivity index (χ3n) is 4.62. The van der Waals surface area contributed by atoms with Gasteiger partial charge in [0, 0.05) is 42.0 Å². The highest BCUT2D eigenvalue weighted by molar-refractivity contribution is 7.98. The predicted molar refractivity (Wildman–Crippen MR) is 120 cm³/mol. The number of thioether (sulfide) groups is 1. The molecule has 1 fully saturated rings. The molecule has 1 amide bonds. The van der Waals surface area contributed by atoms with Crippen LogP contribution in [-0.4, -0.2) is 46.5 Å². The van der Waals surface area contributed by atoms with Gasteiger partial charge in [0.05, 0.1) is 18.1 Å². The SMILES string of the molecule is O=C(Nc1nc(SCc2ccccc2)ns1)c1ccc(N2CCOCC2)c([N+](=O)[O-])c1. The molecule has 3 aromatic rings. The van der Waals surface area contributed by atoms with Gasteiger partial charge in [-0.15, -0.1) is 0 Å². The first-order chi connectivity index (χ1) is 15.1. The van der Waals surface area contributed by atoms with Gasteiger partial charge in [0.2, 0.25) is 10.3 Å². The number of morpholine rings is 1. The van der Waals surface area contributed by atoms with E-state index in [1.54, 1.807) is 12.1 Å². The van der Waals surface area contributed by atoms with Crippen LogP contribution in [0.15, 0.2) is 53.7 Å². The minimum absolute atomic E-state index is 0.106. The van der Waals surface area contributed by atoms with E-state index in [9.17, 15) is 14.9 Å². The predicted octanol–water partition coefficient (Wildman–Crippen LogP) is 3.83. The van der Waals surface area contributed by atoms with Crippen molar-refractivity contribution < 1.29 is 14.5 Å². The van der Waals surface area contributed by atoms with Crippen molar-refractivity contribution in [2.24, 2.45) is 0 Å². The average molecular weight is 458 g/mol. The highest BCUT2D eigenvalue weighted by atomic mass is 32.2. The summed E-state index contributed by atoms with van der Waals surface area (Å²) in [7, 11) is 0. The summed E-state index contributed by atoms with van der Waals surface area (Å²) in [6, 6.07) is 14.4. The van der Waals surface area contributed by atoms with E-state index in [0.717, 1.165) is 22.8 Å². The fourth-order valence-corrected chi connectivity index (χ4v) is 4.59. The molecule has 0 saturated carbocycles. The molecule has 2 heterocycles. The molecule has 11 heteroatoms. The number of nitro groups is 1. The lowest BCUT2D eigenvalue weighted by molar-refractivity contribution is -0.384. The molecular formula is C20H19N5O4S2. The van der Waals surface area contributed by atoms with Crippen LogP contribution < -0.4 is 10.2 Å². The van der Waals surface area contributed by atoms with Crippen molar-refractivity contribution in [1.29, 1.82) is 0 Å². The molecule has 0 atom stereocenters. The lowest BCUT2D eigenvalue weighted by Crippen LogP contribution is -2.36. The minimum Gasteiger partial charge on any atom is -0.378 e. The van der Waals surface area contributed by atoms with Crippen LogP contribution in [0.1, 0.15) is 15.9 Å². The molecule has 0 bridgehead atoms. The molecule has 2 aromatic carbocycles. The highest BCUT2D eigenvalue weighted by Crippen LogP contribution is 2.30. The number of ether oxygens (including phenoxy) is 1. The van der Waals surface area contributed by atoms with Crippen molar-refractivity contribution in [1.82, 2.24) is 9.36 Å². The maximum atomic E-state index is 12.6. The molecule has 0 aliphatic carbocycles. The maximum absolute atomic E-state index is 12.6. The van der Waals surface area contributed by atoms with E-state index in [1.807, 2.05) is 35.2 Å².